The quantitative estimate of drug-likeness (QED) is 0.351. The SMILES string of the molecule is CC#CCNCCOc1ccc([N+](=O)[O-])cc1. The highest BCUT2D eigenvalue weighted by Gasteiger charge is 2.03. The van der Waals surface area contributed by atoms with Crippen LogP contribution in [0.25, 0.3) is 0 Å². The summed E-state index contributed by atoms with van der Waals surface area (Å²) in [5.74, 6) is 6.28. The molecule has 0 spiro atoms. The van der Waals surface area contributed by atoms with Crippen LogP contribution >= 0.6 is 0 Å². The van der Waals surface area contributed by atoms with Crippen LogP contribution in [0.15, 0.2) is 24.3 Å². The van der Waals surface area contributed by atoms with Crippen LogP contribution in [0.1, 0.15) is 6.92 Å². The largest absolute Gasteiger partial charge is 0.492 e. The number of ether oxygens (including phenoxy) is 1. The zero-order chi connectivity index (χ0) is 12.5. The number of nitrogens with zero attached hydrogens (tertiary/aromatic N) is 1. The summed E-state index contributed by atoms with van der Waals surface area (Å²) >= 11 is 0. The number of nitrogens with one attached hydrogen (secondary N) is 1. The first-order chi connectivity index (χ1) is 8.24. The van der Waals surface area contributed by atoms with Gasteiger partial charge in [-0.2, -0.15) is 0 Å². The lowest BCUT2D eigenvalue weighted by Gasteiger charge is -2.05. The normalized spacial score (nSPS) is 9.24. The fraction of sp³-hybridized carbons (Fsp3) is 0.333. The van der Waals surface area contributed by atoms with Gasteiger partial charge in [0.15, 0.2) is 0 Å². The van der Waals surface area contributed by atoms with Gasteiger partial charge in [0.1, 0.15) is 12.4 Å². The van der Waals surface area contributed by atoms with Gasteiger partial charge in [-0.15, -0.1) is 5.92 Å². The lowest BCUT2D eigenvalue weighted by Crippen LogP contribution is -2.21. The number of non-ortho nitro benzene ring substituents is 1. The summed E-state index contributed by atoms with van der Waals surface area (Å²) in [7, 11) is 0. The van der Waals surface area contributed by atoms with Crippen LogP contribution in [0.5, 0.6) is 5.75 Å². The fourth-order valence-corrected chi connectivity index (χ4v) is 1.14. The van der Waals surface area contributed by atoms with E-state index in [1.807, 2.05) is 0 Å². The number of nitro benzene ring substituents is 1. The average molecular weight is 234 g/mol. The fourth-order valence-electron chi connectivity index (χ4n) is 1.14. The van der Waals surface area contributed by atoms with Crippen LogP contribution in [0.3, 0.4) is 0 Å². The minimum absolute atomic E-state index is 0.0636. The third-order valence-corrected chi connectivity index (χ3v) is 1.99. The number of hydrogen-bond acceptors (Lipinski definition) is 4. The van der Waals surface area contributed by atoms with Crippen LogP contribution in [0, 0.1) is 22.0 Å². The first kappa shape index (κ1) is 13.0. The van der Waals surface area contributed by atoms with Crippen LogP contribution in [0.2, 0.25) is 0 Å². The Hall–Kier alpha value is -2.06. The lowest BCUT2D eigenvalue weighted by molar-refractivity contribution is -0.384. The lowest BCUT2D eigenvalue weighted by atomic mass is 10.3. The Morgan fingerprint density at radius 1 is 1.41 bits per heavy atom. The van der Waals surface area contributed by atoms with Crippen molar-refractivity contribution in [1.82, 2.24) is 5.32 Å². The van der Waals surface area contributed by atoms with E-state index in [1.165, 1.54) is 12.1 Å². The maximum atomic E-state index is 10.4. The number of hydrogen-bond donors (Lipinski definition) is 1. The first-order valence-electron chi connectivity index (χ1n) is 5.21. The smallest absolute Gasteiger partial charge is 0.269 e. The minimum atomic E-state index is -0.436. The van der Waals surface area contributed by atoms with E-state index in [0.717, 1.165) is 0 Å². The topological polar surface area (TPSA) is 64.4 Å². The third-order valence-electron chi connectivity index (χ3n) is 1.99. The highest BCUT2D eigenvalue weighted by Crippen LogP contribution is 2.16. The van der Waals surface area contributed by atoms with Crippen molar-refractivity contribution in [3.8, 4) is 17.6 Å². The van der Waals surface area contributed by atoms with E-state index in [9.17, 15) is 10.1 Å². The van der Waals surface area contributed by atoms with E-state index < -0.39 is 4.92 Å². The van der Waals surface area contributed by atoms with E-state index in [1.54, 1.807) is 19.1 Å². The Morgan fingerprint density at radius 2 is 2.12 bits per heavy atom. The molecule has 90 valence electrons. The molecular formula is C12H14N2O3. The van der Waals surface area contributed by atoms with Crippen LogP contribution in [-0.2, 0) is 0 Å². The van der Waals surface area contributed by atoms with Gasteiger partial charge in [0.2, 0.25) is 0 Å². The molecule has 0 amide bonds. The number of rotatable bonds is 6. The van der Waals surface area contributed by atoms with Gasteiger partial charge in [0, 0.05) is 18.7 Å². The predicted molar refractivity (Wildman–Crippen MR) is 64.9 cm³/mol. The van der Waals surface area contributed by atoms with Crippen molar-refractivity contribution in [1.29, 1.82) is 0 Å². The van der Waals surface area contributed by atoms with Gasteiger partial charge in [-0.25, -0.2) is 0 Å². The minimum Gasteiger partial charge on any atom is -0.492 e. The van der Waals surface area contributed by atoms with Crippen molar-refractivity contribution in [2.75, 3.05) is 19.7 Å². The second kappa shape index (κ2) is 7.25. The molecule has 17 heavy (non-hydrogen) atoms. The van der Waals surface area contributed by atoms with E-state index in [4.69, 9.17) is 4.74 Å². The molecule has 0 aliphatic heterocycles. The Bertz CT molecular complexity index is 418. The summed E-state index contributed by atoms with van der Waals surface area (Å²) in [6, 6.07) is 6.02. The summed E-state index contributed by atoms with van der Waals surface area (Å²) in [4.78, 5) is 9.98. The van der Waals surface area contributed by atoms with Gasteiger partial charge in [-0.1, -0.05) is 5.92 Å². The Balaban J connectivity index is 2.27. The van der Waals surface area contributed by atoms with Crippen molar-refractivity contribution in [3.63, 3.8) is 0 Å². The van der Waals surface area contributed by atoms with Crippen LogP contribution in [0.4, 0.5) is 5.69 Å². The molecule has 0 aliphatic rings. The maximum absolute atomic E-state index is 10.4. The molecule has 0 unspecified atom stereocenters. The van der Waals surface area contributed by atoms with E-state index >= 15 is 0 Å². The second-order valence-electron chi connectivity index (χ2n) is 3.20. The molecule has 0 aromatic heterocycles. The Morgan fingerprint density at radius 3 is 2.71 bits per heavy atom. The molecule has 0 radical (unpaired) electrons. The summed E-state index contributed by atoms with van der Waals surface area (Å²) in [6.45, 7) is 3.62. The molecule has 1 N–H and O–H groups in total. The molecule has 5 heteroatoms. The van der Waals surface area contributed by atoms with Gasteiger partial charge in [-0.3, -0.25) is 10.1 Å². The first-order valence-corrected chi connectivity index (χ1v) is 5.21. The van der Waals surface area contributed by atoms with E-state index in [2.05, 4.69) is 17.2 Å². The van der Waals surface area contributed by atoms with Gasteiger partial charge in [0.05, 0.1) is 11.5 Å². The number of nitro groups is 1. The van der Waals surface area contributed by atoms with E-state index in [-0.39, 0.29) is 5.69 Å². The van der Waals surface area contributed by atoms with Crippen molar-refractivity contribution >= 4 is 5.69 Å². The van der Waals surface area contributed by atoms with Crippen molar-refractivity contribution in [2.45, 2.75) is 6.92 Å². The zero-order valence-electron chi connectivity index (χ0n) is 9.60. The molecule has 0 saturated carbocycles. The molecule has 0 aliphatic carbocycles. The van der Waals surface area contributed by atoms with Gasteiger partial charge in [-0.05, 0) is 19.1 Å². The molecule has 0 bridgehead atoms. The predicted octanol–water partition coefficient (Wildman–Crippen LogP) is 1.59. The maximum Gasteiger partial charge on any atom is 0.269 e. The van der Waals surface area contributed by atoms with Crippen molar-refractivity contribution in [2.24, 2.45) is 0 Å². The summed E-state index contributed by atoms with van der Waals surface area (Å²) in [5, 5.41) is 13.5. The Labute approximate surface area is 99.9 Å². The summed E-state index contributed by atoms with van der Waals surface area (Å²) in [5.41, 5.74) is 0.0636. The average Bonchev–Trinajstić information content (AvgIpc) is 2.34. The number of benzene rings is 1. The summed E-state index contributed by atoms with van der Waals surface area (Å²) < 4.78 is 5.39. The highest BCUT2D eigenvalue weighted by molar-refractivity contribution is 5.35. The zero-order valence-corrected chi connectivity index (χ0v) is 9.60. The van der Waals surface area contributed by atoms with Crippen molar-refractivity contribution < 1.29 is 9.66 Å². The van der Waals surface area contributed by atoms with E-state index in [0.29, 0.717) is 25.4 Å². The van der Waals surface area contributed by atoms with Gasteiger partial charge >= 0.3 is 0 Å². The molecule has 1 aromatic rings. The van der Waals surface area contributed by atoms with Crippen LogP contribution in [-0.4, -0.2) is 24.6 Å². The van der Waals surface area contributed by atoms with Crippen LogP contribution < -0.4 is 10.1 Å². The molecule has 0 heterocycles. The molecule has 0 atom stereocenters. The monoisotopic (exact) mass is 234 g/mol. The summed E-state index contributed by atoms with van der Waals surface area (Å²) in [6.07, 6.45) is 0. The molecule has 5 nitrogen and oxygen atoms in total. The second-order valence-corrected chi connectivity index (χ2v) is 3.20. The standard InChI is InChI=1S/C12H14N2O3/c1-2-3-8-13-9-10-17-12-6-4-11(5-7-12)14(15)16/h4-7,13H,8-10H2,1H3. The van der Waals surface area contributed by atoms with Gasteiger partial charge < -0.3 is 10.1 Å². The molecule has 0 fully saturated rings. The third kappa shape index (κ3) is 5.00. The molecule has 0 saturated heterocycles. The van der Waals surface area contributed by atoms with Crippen molar-refractivity contribution in [3.05, 3.63) is 34.4 Å². The highest BCUT2D eigenvalue weighted by atomic mass is 16.6. The van der Waals surface area contributed by atoms with Gasteiger partial charge in [0.25, 0.3) is 5.69 Å². The molecule has 1 rings (SSSR count). The molecular weight excluding hydrogens is 220 g/mol. The Kier molecular flexibility index (Phi) is 5.55. The molecule has 1 aromatic carbocycles.